The van der Waals surface area contributed by atoms with Gasteiger partial charge >= 0.3 is 5.97 Å². The molecule has 128 valence electrons. The largest absolute Gasteiger partial charge is 0.480 e. The maximum atomic E-state index is 13.0. The molecule has 0 aromatic carbocycles. The average Bonchev–Trinajstić information content (AvgIpc) is 3.14. The number of hydrogen-bond acceptors (Lipinski definition) is 4. The summed E-state index contributed by atoms with van der Waals surface area (Å²) in [5, 5.41) is 12.2. The monoisotopic (exact) mass is 347 g/mol. The summed E-state index contributed by atoms with van der Waals surface area (Å²) in [4.78, 5) is 30.4. The van der Waals surface area contributed by atoms with Crippen molar-refractivity contribution < 1.29 is 14.7 Å². The molecule has 6 nitrogen and oxygen atoms in total. The van der Waals surface area contributed by atoms with Gasteiger partial charge in [0.2, 0.25) is 0 Å². The lowest BCUT2D eigenvalue weighted by Gasteiger charge is -2.36. The number of aliphatic carboxylic acids is 1. The fourth-order valence-electron chi connectivity index (χ4n) is 3.37. The molecule has 1 N–H and O–H groups in total. The van der Waals surface area contributed by atoms with Crippen molar-refractivity contribution in [2.45, 2.75) is 39.7 Å². The number of amides is 1. The number of aromatic nitrogens is 2. The molecule has 0 spiro atoms. The highest BCUT2D eigenvalue weighted by atomic mass is 32.1. The van der Waals surface area contributed by atoms with E-state index < -0.39 is 12.0 Å². The zero-order valence-corrected chi connectivity index (χ0v) is 14.8. The molecule has 1 fully saturated rings. The molecule has 0 aliphatic carbocycles. The van der Waals surface area contributed by atoms with Crippen LogP contribution >= 0.6 is 11.3 Å². The van der Waals surface area contributed by atoms with Crippen LogP contribution in [0.25, 0.3) is 5.13 Å². The smallest absolute Gasteiger partial charge is 0.326 e. The van der Waals surface area contributed by atoms with Crippen LogP contribution in [0.15, 0.2) is 17.6 Å². The standard InChI is InChI=1S/C17H21N3O3S/c1-10-4-6-19(14(8-10)16(22)23)15(21)13-9-11(2)20(12(13)3)17-18-5-7-24-17/h5,7,9-10,14H,4,6,8H2,1-3H3,(H,22,23). The van der Waals surface area contributed by atoms with Crippen molar-refractivity contribution in [3.05, 3.63) is 34.6 Å². The first-order valence-corrected chi connectivity index (χ1v) is 8.90. The van der Waals surface area contributed by atoms with Crippen LogP contribution in [0.5, 0.6) is 0 Å². The minimum atomic E-state index is -0.927. The van der Waals surface area contributed by atoms with E-state index >= 15 is 0 Å². The molecule has 0 bridgehead atoms. The SMILES string of the molecule is Cc1cc(C(=O)N2CCC(C)CC2C(=O)O)c(C)n1-c1nccs1. The van der Waals surface area contributed by atoms with Gasteiger partial charge in [-0.25, -0.2) is 9.78 Å². The van der Waals surface area contributed by atoms with Crippen LogP contribution in [0, 0.1) is 19.8 Å². The lowest BCUT2D eigenvalue weighted by atomic mass is 9.92. The van der Waals surface area contributed by atoms with Gasteiger partial charge in [0, 0.05) is 29.5 Å². The van der Waals surface area contributed by atoms with Gasteiger partial charge in [0.05, 0.1) is 5.56 Å². The molecule has 0 radical (unpaired) electrons. The van der Waals surface area contributed by atoms with E-state index in [2.05, 4.69) is 4.98 Å². The van der Waals surface area contributed by atoms with Gasteiger partial charge in [-0.3, -0.25) is 9.36 Å². The number of thiazole rings is 1. The third-order valence-electron chi connectivity index (χ3n) is 4.68. The van der Waals surface area contributed by atoms with Gasteiger partial charge < -0.3 is 10.0 Å². The molecule has 1 amide bonds. The van der Waals surface area contributed by atoms with Gasteiger partial charge in [0.15, 0.2) is 5.13 Å². The third-order valence-corrected chi connectivity index (χ3v) is 5.44. The highest BCUT2D eigenvalue weighted by molar-refractivity contribution is 7.12. The minimum absolute atomic E-state index is 0.204. The Morgan fingerprint density at radius 3 is 2.75 bits per heavy atom. The average molecular weight is 347 g/mol. The first-order chi connectivity index (χ1) is 11.4. The van der Waals surface area contributed by atoms with E-state index in [4.69, 9.17) is 0 Å². The fraction of sp³-hybridized carbons (Fsp3) is 0.471. The molecule has 2 aromatic rings. The second kappa shape index (κ2) is 6.39. The number of carbonyl (C=O) groups excluding carboxylic acids is 1. The summed E-state index contributed by atoms with van der Waals surface area (Å²) >= 11 is 1.50. The van der Waals surface area contributed by atoms with Crippen LogP contribution < -0.4 is 0 Å². The molecule has 24 heavy (non-hydrogen) atoms. The number of piperidine rings is 1. The fourth-order valence-corrected chi connectivity index (χ4v) is 4.12. The molecule has 2 unspecified atom stereocenters. The molecule has 3 rings (SSSR count). The van der Waals surface area contributed by atoms with E-state index in [0.29, 0.717) is 24.4 Å². The number of nitrogens with zero attached hydrogens (tertiary/aromatic N) is 3. The van der Waals surface area contributed by atoms with E-state index in [-0.39, 0.29) is 5.91 Å². The summed E-state index contributed by atoms with van der Waals surface area (Å²) in [5.74, 6) is -0.813. The van der Waals surface area contributed by atoms with Gasteiger partial charge in [-0.05, 0) is 38.7 Å². The van der Waals surface area contributed by atoms with Crippen molar-refractivity contribution in [2.24, 2.45) is 5.92 Å². The number of carbonyl (C=O) groups is 2. The Morgan fingerprint density at radius 2 is 2.12 bits per heavy atom. The Hall–Kier alpha value is -2.15. The summed E-state index contributed by atoms with van der Waals surface area (Å²) in [6, 6.07) is 1.08. The van der Waals surface area contributed by atoms with Crippen LogP contribution in [-0.4, -0.2) is 44.0 Å². The number of carboxylic acid groups (broad SMARTS) is 1. The highest BCUT2D eigenvalue weighted by Gasteiger charge is 2.36. The molecular formula is C17H21N3O3S. The lowest BCUT2D eigenvalue weighted by molar-refractivity contribution is -0.144. The van der Waals surface area contributed by atoms with Crippen molar-refractivity contribution in [1.29, 1.82) is 0 Å². The van der Waals surface area contributed by atoms with E-state index in [0.717, 1.165) is 22.9 Å². The van der Waals surface area contributed by atoms with E-state index in [1.807, 2.05) is 36.8 Å². The highest BCUT2D eigenvalue weighted by Crippen LogP contribution is 2.28. The molecule has 1 aliphatic heterocycles. The van der Waals surface area contributed by atoms with Gasteiger partial charge in [0.25, 0.3) is 5.91 Å². The number of aryl methyl sites for hydroxylation is 1. The first kappa shape index (κ1) is 16.7. The van der Waals surface area contributed by atoms with Crippen LogP contribution in [0.1, 0.15) is 41.5 Å². The molecule has 1 aliphatic rings. The molecule has 2 aromatic heterocycles. The molecule has 0 saturated carbocycles. The van der Waals surface area contributed by atoms with E-state index in [9.17, 15) is 14.7 Å². The number of carboxylic acids is 1. The van der Waals surface area contributed by atoms with Crippen molar-refractivity contribution in [3.8, 4) is 5.13 Å². The Kier molecular flexibility index (Phi) is 4.45. The van der Waals surface area contributed by atoms with Crippen molar-refractivity contribution in [3.63, 3.8) is 0 Å². The quantitative estimate of drug-likeness (QED) is 0.926. The predicted octanol–water partition coefficient (Wildman–Crippen LogP) is 2.88. The van der Waals surface area contributed by atoms with Crippen LogP contribution in [0.4, 0.5) is 0 Å². The van der Waals surface area contributed by atoms with Crippen molar-refractivity contribution in [2.75, 3.05) is 6.54 Å². The summed E-state index contributed by atoms with van der Waals surface area (Å²) in [5.41, 5.74) is 2.28. The topological polar surface area (TPSA) is 75.4 Å². The molecule has 3 heterocycles. The molecule has 2 atom stereocenters. The van der Waals surface area contributed by atoms with E-state index in [1.165, 1.54) is 16.2 Å². The summed E-state index contributed by atoms with van der Waals surface area (Å²) in [6.45, 7) is 6.33. The van der Waals surface area contributed by atoms with Gasteiger partial charge in [-0.1, -0.05) is 6.92 Å². The Bertz CT molecular complexity index is 766. The summed E-state index contributed by atoms with van der Waals surface area (Å²) in [7, 11) is 0. The maximum Gasteiger partial charge on any atom is 0.326 e. The first-order valence-electron chi connectivity index (χ1n) is 8.02. The normalized spacial score (nSPS) is 21.0. The van der Waals surface area contributed by atoms with Crippen molar-refractivity contribution in [1.82, 2.24) is 14.5 Å². The second-order valence-electron chi connectivity index (χ2n) is 6.42. The summed E-state index contributed by atoms with van der Waals surface area (Å²) in [6.07, 6.45) is 3.07. The Morgan fingerprint density at radius 1 is 1.38 bits per heavy atom. The maximum absolute atomic E-state index is 13.0. The molecule has 7 heteroatoms. The van der Waals surface area contributed by atoms with Gasteiger partial charge in [0.1, 0.15) is 6.04 Å². The second-order valence-corrected chi connectivity index (χ2v) is 7.29. The Labute approximate surface area is 144 Å². The Balaban J connectivity index is 1.96. The minimum Gasteiger partial charge on any atom is -0.480 e. The van der Waals surface area contributed by atoms with Gasteiger partial charge in [-0.15, -0.1) is 11.3 Å². The number of hydrogen-bond donors (Lipinski definition) is 1. The molecule has 1 saturated heterocycles. The number of likely N-dealkylation sites (tertiary alicyclic amines) is 1. The van der Waals surface area contributed by atoms with Gasteiger partial charge in [-0.2, -0.15) is 0 Å². The van der Waals surface area contributed by atoms with Crippen molar-refractivity contribution >= 4 is 23.2 Å². The predicted molar refractivity (Wildman–Crippen MR) is 91.8 cm³/mol. The number of rotatable bonds is 3. The van der Waals surface area contributed by atoms with E-state index in [1.54, 1.807) is 6.20 Å². The van der Waals surface area contributed by atoms with Crippen LogP contribution in [-0.2, 0) is 4.79 Å². The van der Waals surface area contributed by atoms with Crippen LogP contribution in [0.2, 0.25) is 0 Å². The zero-order valence-electron chi connectivity index (χ0n) is 14.0. The zero-order chi connectivity index (χ0) is 17.4. The summed E-state index contributed by atoms with van der Waals surface area (Å²) < 4.78 is 1.94. The molecular weight excluding hydrogens is 326 g/mol. The van der Waals surface area contributed by atoms with Crippen LogP contribution in [0.3, 0.4) is 0 Å². The third kappa shape index (κ3) is 2.84. The lowest BCUT2D eigenvalue weighted by Crippen LogP contribution is -2.49.